The Labute approximate surface area is 114 Å². The Kier molecular flexibility index (Phi) is 3.84. The van der Waals surface area contributed by atoms with Crippen LogP contribution in [0.5, 0.6) is 0 Å². The molecule has 2 aromatic rings. The van der Waals surface area contributed by atoms with E-state index in [9.17, 15) is 14.4 Å². The SMILES string of the molecule is O=C(O)c1nc(C(=O)O)c2[nH]c(C(=O)O)nc2n1.[Al]. The zero-order chi connectivity index (χ0) is 13.4. The number of imidazole rings is 1. The summed E-state index contributed by atoms with van der Waals surface area (Å²) in [6.07, 6.45) is 0. The predicted molar refractivity (Wildman–Crippen MR) is 58.3 cm³/mol. The molecule has 0 aliphatic heterocycles. The summed E-state index contributed by atoms with van der Waals surface area (Å²) in [5.74, 6) is -5.82. The molecule has 19 heavy (non-hydrogen) atoms. The second kappa shape index (κ2) is 5.01. The van der Waals surface area contributed by atoms with Crippen molar-refractivity contribution < 1.29 is 29.7 Å². The molecule has 2 aromatic heterocycles. The van der Waals surface area contributed by atoms with Crippen LogP contribution in [0.1, 0.15) is 31.7 Å². The van der Waals surface area contributed by atoms with Gasteiger partial charge in [-0.05, 0) is 0 Å². The Balaban J connectivity index is 0.00000180. The van der Waals surface area contributed by atoms with E-state index in [0.717, 1.165) is 0 Å². The van der Waals surface area contributed by atoms with Gasteiger partial charge in [-0.25, -0.2) is 29.3 Å². The third kappa shape index (κ3) is 2.51. The fraction of sp³-hybridized carbons (Fsp3) is 0. The number of carbonyl (C=O) groups is 3. The van der Waals surface area contributed by atoms with Crippen LogP contribution in [0.25, 0.3) is 11.2 Å². The second-order valence-corrected chi connectivity index (χ2v) is 3.10. The first-order chi connectivity index (χ1) is 8.40. The van der Waals surface area contributed by atoms with Crippen LogP contribution in [0.2, 0.25) is 0 Å². The molecule has 95 valence electrons. The summed E-state index contributed by atoms with van der Waals surface area (Å²) in [4.78, 5) is 44.6. The lowest BCUT2D eigenvalue weighted by Crippen LogP contribution is -2.10. The first-order valence-corrected chi connectivity index (χ1v) is 4.37. The minimum absolute atomic E-state index is 0. The van der Waals surface area contributed by atoms with Crippen LogP contribution in [-0.2, 0) is 0 Å². The maximum Gasteiger partial charge on any atom is 0.374 e. The summed E-state index contributed by atoms with van der Waals surface area (Å²) < 4.78 is 0. The topological polar surface area (TPSA) is 166 Å². The highest BCUT2D eigenvalue weighted by molar-refractivity contribution is 6.01. The fourth-order valence-electron chi connectivity index (χ4n) is 1.25. The second-order valence-electron chi connectivity index (χ2n) is 3.10. The van der Waals surface area contributed by atoms with E-state index in [-0.39, 0.29) is 28.5 Å². The number of carboxylic acids is 3. The van der Waals surface area contributed by atoms with Crippen molar-refractivity contribution in [3.8, 4) is 0 Å². The van der Waals surface area contributed by atoms with Crippen molar-refractivity contribution in [3.05, 3.63) is 17.3 Å². The molecule has 0 aliphatic carbocycles. The highest BCUT2D eigenvalue weighted by Crippen LogP contribution is 2.14. The number of aromatic nitrogens is 4. The lowest BCUT2D eigenvalue weighted by Gasteiger charge is -1.97. The van der Waals surface area contributed by atoms with Crippen LogP contribution in [-0.4, -0.2) is 70.5 Å². The number of aromatic carboxylic acids is 3. The average molecular weight is 279 g/mol. The van der Waals surface area contributed by atoms with Crippen molar-refractivity contribution in [2.45, 2.75) is 0 Å². The quantitative estimate of drug-likeness (QED) is 0.518. The van der Waals surface area contributed by atoms with Gasteiger partial charge in [0, 0.05) is 17.4 Å². The third-order valence-electron chi connectivity index (χ3n) is 1.95. The van der Waals surface area contributed by atoms with E-state index in [1.807, 2.05) is 0 Å². The Morgan fingerprint density at radius 3 is 2.00 bits per heavy atom. The first kappa shape index (κ1) is 14.6. The summed E-state index contributed by atoms with van der Waals surface area (Å²) in [5.41, 5.74) is -1.24. The van der Waals surface area contributed by atoms with Gasteiger partial charge in [0.2, 0.25) is 11.6 Å². The number of hydrogen-bond donors (Lipinski definition) is 4. The molecular weight excluding hydrogens is 275 g/mol. The maximum atomic E-state index is 10.9. The van der Waals surface area contributed by atoms with E-state index in [1.54, 1.807) is 0 Å². The van der Waals surface area contributed by atoms with Gasteiger partial charge >= 0.3 is 17.9 Å². The number of aromatic amines is 1. The van der Waals surface area contributed by atoms with Crippen LogP contribution in [0, 0.1) is 0 Å². The Hall–Kier alpha value is -2.51. The lowest BCUT2D eigenvalue weighted by atomic mass is 10.3. The standard InChI is InChI=1S/C8H4N4O6.Al/c13-6(14)2-1-3(11-4(9-1)7(15)16)12-5(10-2)8(17)18;/h(H,13,14)(H,15,16)(H,17,18)(H,9,10,11,12);. The Bertz CT molecular complexity index is 696. The molecule has 3 radical (unpaired) electrons. The molecule has 0 bridgehead atoms. The van der Waals surface area contributed by atoms with Crippen molar-refractivity contribution in [1.82, 2.24) is 19.9 Å². The van der Waals surface area contributed by atoms with Gasteiger partial charge in [-0.15, -0.1) is 0 Å². The Morgan fingerprint density at radius 1 is 0.895 bits per heavy atom. The summed E-state index contributed by atoms with van der Waals surface area (Å²) in [7, 11) is 0. The largest absolute Gasteiger partial charge is 0.476 e. The molecule has 0 atom stereocenters. The molecule has 4 N–H and O–H groups in total. The van der Waals surface area contributed by atoms with Crippen molar-refractivity contribution >= 4 is 46.4 Å². The maximum absolute atomic E-state index is 10.9. The molecule has 0 fully saturated rings. The van der Waals surface area contributed by atoms with Crippen LogP contribution < -0.4 is 0 Å². The molecule has 2 rings (SSSR count). The first-order valence-electron chi connectivity index (χ1n) is 4.37. The number of H-pyrrole nitrogens is 1. The highest BCUT2D eigenvalue weighted by atomic mass is 27.0. The smallest absolute Gasteiger partial charge is 0.374 e. The molecule has 0 saturated carbocycles. The van der Waals surface area contributed by atoms with Crippen LogP contribution in [0.3, 0.4) is 0 Å². The van der Waals surface area contributed by atoms with Crippen molar-refractivity contribution in [1.29, 1.82) is 0 Å². The number of nitrogens with zero attached hydrogens (tertiary/aromatic N) is 3. The molecule has 2 heterocycles. The van der Waals surface area contributed by atoms with Gasteiger partial charge in [-0.1, -0.05) is 0 Å². The summed E-state index contributed by atoms with van der Waals surface area (Å²) in [6, 6.07) is 0. The van der Waals surface area contributed by atoms with Crippen LogP contribution >= 0.6 is 0 Å². The molecule has 0 amide bonds. The van der Waals surface area contributed by atoms with Crippen molar-refractivity contribution in [3.63, 3.8) is 0 Å². The molecule has 0 unspecified atom stereocenters. The highest BCUT2D eigenvalue weighted by Gasteiger charge is 2.21. The monoisotopic (exact) mass is 279 g/mol. The van der Waals surface area contributed by atoms with Gasteiger partial charge in [0.05, 0.1) is 0 Å². The molecule has 0 spiro atoms. The Morgan fingerprint density at radius 2 is 1.53 bits per heavy atom. The summed E-state index contributed by atoms with van der Waals surface area (Å²) in [5, 5.41) is 26.2. The molecular formula is C8H4AlN4O6. The number of rotatable bonds is 3. The van der Waals surface area contributed by atoms with Gasteiger partial charge in [-0.2, -0.15) is 0 Å². The van der Waals surface area contributed by atoms with Gasteiger partial charge < -0.3 is 20.3 Å². The van der Waals surface area contributed by atoms with Gasteiger partial charge in [0.1, 0.15) is 5.52 Å². The molecule has 11 heteroatoms. The van der Waals surface area contributed by atoms with Crippen LogP contribution in [0.4, 0.5) is 0 Å². The number of nitrogens with one attached hydrogen (secondary N) is 1. The van der Waals surface area contributed by atoms with Gasteiger partial charge in [0.25, 0.3) is 0 Å². The van der Waals surface area contributed by atoms with E-state index in [4.69, 9.17) is 15.3 Å². The van der Waals surface area contributed by atoms with Crippen molar-refractivity contribution in [2.75, 3.05) is 0 Å². The summed E-state index contributed by atoms with van der Waals surface area (Å²) >= 11 is 0. The number of carboxylic acid groups (broad SMARTS) is 3. The average Bonchev–Trinajstić information content (AvgIpc) is 2.70. The fourth-order valence-corrected chi connectivity index (χ4v) is 1.25. The van der Waals surface area contributed by atoms with E-state index in [2.05, 4.69) is 19.9 Å². The van der Waals surface area contributed by atoms with Crippen molar-refractivity contribution in [2.24, 2.45) is 0 Å². The molecule has 0 saturated heterocycles. The number of hydrogen-bond acceptors (Lipinski definition) is 6. The minimum atomic E-state index is -1.54. The molecule has 0 aromatic carbocycles. The lowest BCUT2D eigenvalue weighted by molar-refractivity contribution is 0.0667. The summed E-state index contributed by atoms with van der Waals surface area (Å²) in [6.45, 7) is 0. The number of fused-ring (bicyclic) bond motifs is 1. The molecule has 10 nitrogen and oxygen atoms in total. The zero-order valence-electron chi connectivity index (χ0n) is 8.99. The van der Waals surface area contributed by atoms with Crippen LogP contribution in [0.15, 0.2) is 0 Å². The third-order valence-corrected chi connectivity index (χ3v) is 1.95. The van der Waals surface area contributed by atoms with E-state index in [0.29, 0.717) is 0 Å². The molecule has 0 aliphatic rings. The predicted octanol–water partition coefficient (Wildman–Crippen LogP) is -0.933. The zero-order valence-corrected chi connectivity index (χ0v) is 10.1. The minimum Gasteiger partial charge on any atom is -0.476 e. The van der Waals surface area contributed by atoms with E-state index < -0.39 is 35.3 Å². The van der Waals surface area contributed by atoms with Gasteiger partial charge in [0.15, 0.2) is 11.3 Å². The normalized spacial score (nSPS) is 9.89. The van der Waals surface area contributed by atoms with E-state index >= 15 is 0 Å². The van der Waals surface area contributed by atoms with Gasteiger partial charge in [-0.3, -0.25) is 0 Å². The van der Waals surface area contributed by atoms with E-state index in [1.165, 1.54) is 0 Å².